The minimum absolute atomic E-state index is 0.434. The zero-order chi connectivity index (χ0) is 14.8. The van der Waals surface area contributed by atoms with Crippen molar-refractivity contribution in [2.45, 2.75) is 64.2 Å². The molecule has 1 unspecified atom stereocenters. The lowest BCUT2D eigenvalue weighted by atomic mass is 9.63. The number of hydrogen-bond donors (Lipinski definition) is 0. The van der Waals surface area contributed by atoms with Crippen molar-refractivity contribution < 1.29 is 8.78 Å². The zero-order valence-corrected chi connectivity index (χ0v) is 13.0. The van der Waals surface area contributed by atoms with Crippen molar-refractivity contribution in [2.24, 2.45) is 17.8 Å². The summed E-state index contributed by atoms with van der Waals surface area (Å²) in [6.07, 6.45) is 10.4. The monoisotopic (exact) mass is 292 g/mol. The van der Waals surface area contributed by atoms with Gasteiger partial charge in [0.25, 0.3) is 0 Å². The second-order valence-corrected chi connectivity index (χ2v) is 7.17. The van der Waals surface area contributed by atoms with Gasteiger partial charge in [0, 0.05) is 0 Å². The molecule has 0 bridgehead atoms. The molecular formula is C19H26F2. The average molecular weight is 292 g/mol. The Morgan fingerprint density at radius 1 is 0.952 bits per heavy atom. The SMILES string of the molecule is CCCC1CC[C@@H]2C[C@H](c3ccc(F)c(F)c3)CC[C@H]2C1. The number of benzene rings is 1. The molecule has 3 rings (SSSR count). The first-order valence-corrected chi connectivity index (χ1v) is 8.62. The van der Waals surface area contributed by atoms with E-state index in [0.717, 1.165) is 29.7 Å². The predicted molar refractivity (Wildman–Crippen MR) is 82.2 cm³/mol. The summed E-state index contributed by atoms with van der Waals surface area (Å²) in [7, 11) is 0. The van der Waals surface area contributed by atoms with E-state index in [1.807, 2.05) is 0 Å². The van der Waals surface area contributed by atoms with Gasteiger partial charge in [-0.2, -0.15) is 0 Å². The normalized spacial score (nSPS) is 32.7. The summed E-state index contributed by atoms with van der Waals surface area (Å²) in [6, 6.07) is 4.49. The first-order valence-electron chi connectivity index (χ1n) is 8.62. The van der Waals surface area contributed by atoms with Crippen LogP contribution in [0, 0.1) is 29.4 Å². The summed E-state index contributed by atoms with van der Waals surface area (Å²) >= 11 is 0. The van der Waals surface area contributed by atoms with Crippen LogP contribution in [-0.4, -0.2) is 0 Å². The fraction of sp³-hybridized carbons (Fsp3) is 0.684. The van der Waals surface area contributed by atoms with Gasteiger partial charge in [-0.15, -0.1) is 0 Å². The third-order valence-corrected chi connectivity index (χ3v) is 5.83. The molecular weight excluding hydrogens is 266 g/mol. The smallest absolute Gasteiger partial charge is 0.159 e. The number of halogens is 2. The average Bonchev–Trinajstić information content (AvgIpc) is 2.50. The largest absolute Gasteiger partial charge is 0.204 e. The number of fused-ring (bicyclic) bond motifs is 1. The third-order valence-electron chi connectivity index (χ3n) is 5.83. The van der Waals surface area contributed by atoms with Crippen molar-refractivity contribution in [3.05, 3.63) is 35.4 Å². The molecule has 2 aliphatic carbocycles. The standard InChI is InChI=1S/C19H26F2/c1-2-3-13-4-5-15-11-16(7-6-14(15)10-13)17-8-9-18(20)19(21)12-17/h8-9,12-16H,2-7,10-11H2,1H3/t13?,14-,15+,16+/m0/s1. The van der Waals surface area contributed by atoms with E-state index in [-0.39, 0.29) is 0 Å². The molecule has 0 N–H and O–H groups in total. The Balaban J connectivity index is 1.64. The van der Waals surface area contributed by atoms with Gasteiger partial charge in [-0.1, -0.05) is 32.3 Å². The van der Waals surface area contributed by atoms with Gasteiger partial charge < -0.3 is 0 Å². The van der Waals surface area contributed by atoms with Crippen LogP contribution in [0.1, 0.15) is 69.8 Å². The topological polar surface area (TPSA) is 0 Å². The van der Waals surface area contributed by atoms with Crippen LogP contribution in [0.5, 0.6) is 0 Å². The van der Waals surface area contributed by atoms with E-state index < -0.39 is 11.6 Å². The summed E-state index contributed by atoms with van der Waals surface area (Å²) in [5.41, 5.74) is 1.00. The minimum Gasteiger partial charge on any atom is -0.204 e. The van der Waals surface area contributed by atoms with Crippen molar-refractivity contribution >= 4 is 0 Å². The molecule has 1 aromatic rings. The van der Waals surface area contributed by atoms with E-state index in [9.17, 15) is 8.78 Å². The van der Waals surface area contributed by atoms with Crippen molar-refractivity contribution in [1.82, 2.24) is 0 Å². The molecule has 2 heteroatoms. The van der Waals surface area contributed by atoms with Crippen LogP contribution >= 0.6 is 0 Å². The molecule has 0 aliphatic heterocycles. The molecule has 0 heterocycles. The van der Waals surface area contributed by atoms with Gasteiger partial charge in [0.1, 0.15) is 0 Å². The lowest BCUT2D eigenvalue weighted by Gasteiger charge is -2.42. The molecule has 0 aromatic heterocycles. The summed E-state index contributed by atoms with van der Waals surface area (Å²) < 4.78 is 26.5. The van der Waals surface area contributed by atoms with E-state index in [1.165, 1.54) is 57.1 Å². The fourth-order valence-electron chi connectivity index (χ4n) is 4.73. The maximum Gasteiger partial charge on any atom is 0.159 e. The second-order valence-electron chi connectivity index (χ2n) is 7.17. The van der Waals surface area contributed by atoms with Crippen LogP contribution in [0.2, 0.25) is 0 Å². The summed E-state index contributed by atoms with van der Waals surface area (Å²) in [5, 5.41) is 0. The molecule has 0 spiro atoms. The van der Waals surface area contributed by atoms with Crippen molar-refractivity contribution in [1.29, 1.82) is 0 Å². The molecule has 0 saturated heterocycles. The van der Waals surface area contributed by atoms with Gasteiger partial charge in [-0.25, -0.2) is 8.78 Å². The Labute approximate surface area is 126 Å². The highest BCUT2D eigenvalue weighted by Gasteiger charge is 2.35. The first-order chi connectivity index (χ1) is 10.2. The molecule has 21 heavy (non-hydrogen) atoms. The number of rotatable bonds is 3. The van der Waals surface area contributed by atoms with Gasteiger partial charge in [0.15, 0.2) is 11.6 Å². The van der Waals surface area contributed by atoms with Gasteiger partial charge in [0.2, 0.25) is 0 Å². The maximum absolute atomic E-state index is 13.4. The fourth-order valence-corrected chi connectivity index (χ4v) is 4.73. The van der Waals surface area contributed by atoms with E-state index in [4.69, 9.17) is 0 Å². The van der Waals surface area contributed by atoms with Gasteiger partial charge in [-0.3, -0.25) is 0 Å². The molecule has 0 amide bonds. The van der Waals surface area contributed by atoms with Crippen LogP contribution < -0.4 is 0 Å². The van der Waals surface area contributed by atoms with Crippen LogP contribution in [0.3, 0.4) is 0 Å². The lowest BCUT2D eigenvalue weighted by Crippen LogP contribution is -2.30. The lowest BCUT2D eigenvalue weighted by molar-refractivity contribution is 0.114. The molecule has 4 atom stereocenters. The van der Waals surface area contributed by atoms with Crippen molar-refractivity contribution in [2.75, 3.05) is 0 Å². The molecule has 0 nitrogen and oxygen atoms in total. The van der Waals surface area contributed by atoms with Gasteiger partial charge in [0.05, 0.1) is 0 Å². The van der Waals surface area contributed by atoms with E-state index >= 15 is 0 Å². The Morgan fingerprint density at radius 2 is 1.71 bits per heavy atom. The molecule has 1 aromatic carbocycles. The van der Waals surface area contributed by atoms with Crippen LogP contribution in [0.4, 0.5) is 8.78 Å². The van der Waals surface area contributed by atoms with Crippen molar-refractivity contribution in [3.63, 3.8) is 0 Å². The molecule has 0 radical (unpaired) electrons. The highest BCUT2D eigenvalue weighted by molar-refractivity contribution is 5.22. The Kier molecular flexibility index (Phi) is 4.61. The predicted octanol–water partition coefficient (Wildman–Crippen LogP) is 6.06. The third kappa shape index (κ3) is 3.30. The van der Waals surface area contributed by atoms with E-state index in [0.29, 0.717) is 5.92 Å². The molecule has 2 fully saturated rings. The highest BCUT2D eigenvalue weighted by atomic mass is 19.2. The van der Waals surface area contributed by atoms with Gasteiger partial charge in [-0.05, 0) is 73.5 Å². The van der Waals surface area contributed by atoms with Crippen molar-refractivity contribution in [3.8, 4) is 0 Å². The Hall–Kier alpha value is -0.920. The van der Waals surface area contributed by atoms with Gasteiger partial charge >= 0.3 is 0 Å². The van der Waals surface area contributed by atoms with E-state index in [1.54, 1.807) is 6.07 Å². The second kappa shape index (κ2) is 6.46. The summed E-state index contributed by atoms with van der Waals surface area (Å²) in [4.78, 5) is 0. The summed E-state index contributed by atoms with van der Waals surface area (Å²) in [5.74, 6) is 1.65. The Bertz CT molecular complexity index is 482. The van der Waals surface area contributed by atoms with Crippen LogP contribution in [0.15, 0.2) is 18.2 Å². The maximum atomic E-state index is 13.4. The molecule has 116 valence electrons. The summed E-state index contributed by atoms with van der Waals surface area (Å²) in [6.45, 7) is 2.28. The molecule has 2 aliphatic rings. The Morgan fingerprint density at radius 3 is 2.48 bits per heavy atom. The first kappa shape index (κ1) is 15.0. The van der Waals surface area contributed by atoms with Crippen LogP contribution in [-0.2, 0) is 0 Å². The number of hydrogen-bond acceptors (Lipinski definition) is 0. The molecule has 2 saturated carbocycles. The quantitative estimate of drug-likeness (QED) is 0.634. The van der Waals surface area contributed by atoms with Crippen LogP contribution in [0.25, 0.3) is 0 Å². The minimum atomic E-state index is -0.729. The van der Waals surface area contributed by atoms with E-state index in [2.05, 4.69) is 6.92 Å². The zero-order valence-electron chi connectivity index (χ0n) is 13.0. The highest BCUT2D eigenvalue weighted by Crippen LogP contribution is 2.48.